The van der Waals surface area contributed by atoms with Crippen LogP contribution in [0.5, 0.6) is 0 Å². The van der Waals surface area contributed by atoms with Gasteiger partial charge in [0.2, 0.25) is 10.0 Å². The van der Waals surface area contributed by atoms with E-state index in [1.165, 1.54) is 19.2 Å². The van der Waals surface area contributed by atoms with Crippen LogP contribution in [0.4, 0.5) is 5.69 Å². The number of nitrogens with zero attached hydrogens (tertiary/aromatic N) is 1. The third-order valence-corrected chi connectivity index (χ3v) is 5.24. The van der Waals surface area contributed by atoms with Crippen molar-refractivity contribution in [2.24, 2.45) is 0 Å². The van der Waals surface area contributed by atoms with Crippen molar-refractivity contribution in [3.63, 3.8) is 0 Å². The van der Waals surface area contributed by atoms with Crippen molar-refractivity contribution < 1.29 is 17.9 Å². The highest BCUT2D eigenvalue weighted by molar-refractivity contribution is 7.89. The van der Waals surface area contributed by atoms with E-state index in [2.05, 4.69) is 4.74 Å². The minimum absolute atomic E-state index is 0.0132. The van der Waals surface area contributed by atoms with E-state index in [0.717, 1.165) is 4.31 Å². The van der Waals surface area contributed by atoms with E-state index in [-0.39, 0.29) is 23.7 Å². The van der Waals surface area contributed by atoms with Gasteiger partial charge in [-0.3, -0.25) is 4.79 Å². The summed E-state index contributed by atoms with van der Waals surface area (Å²) < 4.78 is 30.8. The highest BCUT2D eigenvalue weighted by Crippen LogP contribution is 2.28. The van der Waals surface area contributed by atoms with E-state index in [4.69, 9.17) is 17.3 Å². The molecular formula is C13H19ClN2O4S. The molecule has 118 valence electrons. The minimum atomic E-state index is -3.84. The first-order valence-corrected chi connectivity index (χ1v) is 8.18. The van der Waals surface area contributed by atoms with Crippen LogP contribution in [0.25, 0.3) is 0 Å². The van der Waals surface area contributed by atoms with Crippen LogP contribution in [-0.2, 0) is 19.6 Å². The number of ether oxygens (including phenoxy) is 1. The summed E-state index contributed by atoms with van der Waals surface area (Å²) in [7, 11) is -2.62. The van der Waals surface area contributed by atoms with Gasteiger partial charge in [-0.2, -0.15) is 4.31 Å². The molecule has 8 heteroatoms. The molecule has 0 heterocycles. The fourth-order valence-electron chi connectivity index (χ4n) is 1.80. The van der Waals surface area contributed by atoms with E-state index < -0.39 is 16.0 Å². The van der Waals surface area contributed by atoms with Gasteiger partial charge in [-0.15, -0.1) is 0 Å². The van der Waals surface area contributed by atoms with Gasteiger partial charge in [0, 0.05) is 6.54 Å². The third kappa shape index (κ3) is 4.09. The number of nitrogens with two attached hydrogens (primary N) is 1. The van der Waals surface area contributed by atoms with Gasteiger partial charge in [-0.25, -0.2) is 8.42 Å². The molecule has 0 aliphatic rings. The number of carbonyl (C=O) groups is 1. The number of methoxy groups -OCH3 is 1. The van der Waals surface area contributed by atoms with Gasteiger partial charge >= 0.3 is 5.97 Å². The van der Waals surface area contributed by atoms with Crippen molar-refractivity contribution in [1.29, 1.82) is 0 Å². The van der Waals surface area contributed by atoms with Gasteiger partial charge in [0.15, 0.2) is 0 Å². The number of sulfonamides is 1. The number of benzene rings is 1. The fraction of sp³-hybridized carbons (Fsp3) is 0.462. The molecular weight excluding hydrogens is 316 g/mol. The summed E-state index contributed by atoms with van der Waals surface area (Å²) in [5.41, 5.74) is 6.46. The number of hydrogen-bond acceptors (Lipinski definition) is 5. The lowest BCUT2D eigenvalue weighted by atomic mass is 10.2. The quantitative estimate of drug-likeness (QED) is 0.633. The number of carbonyl (C=O) groups excluding carboxylic acids is 1. The molecule has 1 aromatic rings. The van der Waals surface area contributed by atoms with Crippen molar-refractivity contribution in [3.8, 4) is 0 Å². The zero-order valence-corrected chi connectivity index (χ0v) is 13.8. The summed E-state index contributed by atoms with van der Waals surface area (Å²) in [4.78, 5) is 11.4. The molecule has 6 nitrogen and oxygen atoms in total. The lowest BCUT2D eigenvalue weighted by Crippen LogP contribution is -2.36. The van der Waals surface area contributed by atoms with Gasteiger partial charge in [0.1, 0.15) is 6.54 Å². The van der Waals surface area contributed by atoms with Gasteiger partial charge in [0.25, 0.3) is 0 Å². The molecule has 0 fully saturated rings. The average Bonchev–Trinajstić information content (AvgIpc) is 2.43. The maximum absolute atomic E-state index is 12.6. The Bertz CT molecular complexity index is 608. The number of anilines is 1. The molecule has 0 saturated carbocycles. The Kier molecular flexibility index (Phi) is 6.00. The van der Waals surface area contributed by atoms with Crippen LogP contribution in [0.2, 0.25) is 5.02 Å². The van der Waals surface area contributed by atoms with Crippen LogP contribution < -0.4 is 5.73 Å². The van der Waals surface area contributed by atoms with Crippen LogP contribution in [-0.4, -0.2) is 38.9 Å². The van der Waals surface area contributed by atoms with Gasteiger partial charge in [-0.05, 0) is 31.0 Å². The Hall–Kier alpha value is -1.31. The largest absolute Gasteiger partial charge is 0.468 e. The van der Waals surface area contributed by atoms with E-state index in [1.807, 2.05) is 6.92 Å². The predicted octanol–water partition coefficient (Wildman–Crippen LogP) is 1.80. The second-order valence-corrected chi connectivity index (χ2v) is 6.87. The second-order valence-electron chi connectivity index (χ2n) is 4.56. The first-order valence-electron chi connectivity index (χ1n) is 6.36. The van der Waals surface area contributed by atoms with Crippen molar-refractivity contribution in [2.75, 3.05) is 25.9 Å². The van der Waals surface area contributed by atoms with Crippen LogP contribution in [0.3, 0.4) is 0 Å². The van der Waals surface area contributed by atoms with Gasteiger partial charge < -0.3 is 10.5 Å². The number of hydrogen-bond donors (Lipinski definition) is 1. The van der Waals surface area contributed by atoms with Crippen molar-refractivity contribution in [1.82, 2.24) is 4.31 Å². The third-order valence-electron chi connectivity index (χ3n) is 2.90. The maximum atomic E-state index is 12.6. The molecule has 0 aromatic heterocycles. The summed E-state index contributed by atoms with van der Waals surface area (Å²) in [5, 5.41) is 0.323. The van der Waals surface area contributed by atoms with Gasteiger partial charge in [0.05, 0.1) is 22.7 Å². The van der Waals surface area contributed by atoms with Crippen molar-refractivity contribution >= 4 is 33.3 Å². The summed E-state index contributed by atoms with van der Waals surface area (Å²) in [5.74, 6) is -0.620. The SMILES string of the molecule is CCCN(CC(=O)OC)S(=O)(=O)c1cc(C)c(Cl)c(N)c1. The summed E-state index contributed by atoms with van der Waals surface area (Å²) >= 11 is 5.94. The van der Waals surface area contributed by atoms with E-state index >= 15 is 0 Å². The van der Waals surface area contributed by atoms with E-state index in [1.54, 1.807) is 6.92 Å². The first-order chi connectivity index (χ1) is 9.73. The molecule has 0 amide bonds. The zero-order chi connectivity index (χ0) is 16.2. The van der Waals surface area contributed by atoms with Crippen LogP contribution in [0.1, 0.15) is 18.9 Å². The summed E-state index contributed by atoms with van der Waals surface area (Å²) in [6, 6.07) is 2.73. The Labute approximate surface area is 129 Å². The monoisotopic (exact) mass is 334 g/mol. The smallest absolute Gasteiger partial charge is 0.321 e. The molecule has 0 spiro atoms. The normalized spacial score (nSPS) is 11.7. The molecule has 1 rings (SSSR count). The molecule has 0 saturated heterocycles. The molecule has 0 bridgehead atoms. The molecule has 1 aromatic carbocycles. The Morgan fingerprint density at radius 2 is 2.05 bits per heavy atom. The Morgan fingerprint density at radius 3 is 2.52 bits per heavy atom. The molecule has 0 radical (unpaired) electrons. The topological polar surface area (TPSA) is 89.7 Å². The summed E-state index contributed by atoms with van der Waals surface area (Å²) in [6.07, 6.45) is 0.568. The van der Waals surface area contributed by atoms with Crippen LogP contribution in [0, 0.1) is 6.92 Å². The number of nitrogen functional groups attached to an aromatic ring is 1. The predicted molar refractivity (Wildman–Crippen MR) is 81.7 cm³/mol. The molecule has 0 atom stereocenters. The Morgan fingerprint density at radius 1 is 1.43 bits per heavy atom. The Balaban J connectivity index is 3.25. The second kappa shape index (κ2) is 7.11. The fourth-order valence-corrected chi connectivity index (χ4v) is 3.51. The van der Waals surface area contributed by atoms with Crippen LogP contribution in [0.15, 0.2) is 17.0 Å². The number of aryl methyl sites for hydroxylation is 1. The van der Waals surface area contributed by atoms with Gasteiger partial charge in [-0.1, -0.05) is 18.5 Å². The van der Waals surface area contributed by atoms with E-state index in [0.29, 0.717) is 17.0 Å². The number of rotatable bonds is 6. The first kappa shape index (κ1) is 17.7. The van der Waals surface area contributed by atoms with Crippen molar-refractivity contribution in [2.45, 2.75) is 25.2 Å². The maximum Gasteiger partial charge on any atom is 0.321 e. The lowest BCUT2D eigenvalue weighted by molar-refractivity contribution is -0.140. The average molecular weight is 335 g/mol. The highest BCUT2D eigenvalue weighted by Gasteiger charge is 2.27. The lowest BCUT2D eigenvalue weighted by Gasteiger charge is -2.21. The molecule has 21 heavy (non-hydrogen) atoms. The number of halogens is 1. The molecule has 0 aliphatic heterocycles. The van der Waals surface area contributed by atoms with E-state index in [9.17, 15) is 13.2 Å². The highest BCUT2D eigenvalue weighted by atomic mass is 35.5. The van der Waals surface area contributed by atoms with Crippen molar-refractivity contribution in [3.05, 3.63) is 22.7 Å². The number of esters is 1. The minimum Gasteiger partial charge on any atom is -0.468 e. The molecule has 0 aliphatic carbocycles. The summed E-state index contributed by atoms with van der Waals surface area (Å²) in [6.45, 7) is 3.36. The zero-order valence-electron chi connectivity index (χ0n) is 12.2. The molecule has 0 unspecified atom stereocenters. The van der Waals surface area contributed by atoms with Crippen LogP contribution >= 0.6 is 11.6 Å². The standard InChI is InChI=1S/C13H19ClN2O4S/c1-4-5-16(8-12(17)20-3)21(18,19)10-6-9(2)13(14)11(15)7-10/h6-7H,4-5,8,15H2,1-3H3. The molecule has 2 N–H and O–H groups in total.